The van der Waals surface area contributed by atoms with Gasteiger partial charge in [0.05, 0.1) is 0 Å². The molecule has 0 saturated carbocycles. The molecule has 1 aromatic carbocycles. The van der Waals surface area contributed by atoms with E-state index in [9.17, 15) is 9.59 Å². The largest absolute Gasteiger partial charge is 0.363 e. The van der Waals surface area contributed by atoms with Crippen molar-refractivity contribution in [1.82, 2.24) is 0 Å². The number of carbonyl (C=O) groups excluding carboxylic acids is 2. The molecule has 0 fully saturated rings. The van der Waals surface area contributed by atoms with Gasteiger partial charge in [-0.25, -0.2) is 0 Å². The molecule has 0 spiro atoms. The minimum absolute atomic E-state index is 0.269. The summed E-state index contributed by atoms with van der Waals surface area (Å²) in [5, 5.41) is 0. The molecule has 0 bridgehead atoms. The number of hydrogen-bond acceptors (Lipinski definition) is 2. The summed E-state index contributed by atoms with van der Waals surface area (Å²) in [6.07, 6.45) is 3.28. The lowest BCUT2D eigenvalue weighted by Gasteiger charge is -2.13. The first-order chi connectivity index (χ1) is 8.15. The number of ketones is 1. The quantitative estimate of drug-likeness (QED) is 0.733. The molecule has 0 radical (unpaired) electrons. The van der Waals surface area contributed by atoms with Crippen LogP contribution in [0.15, 0.2) is 30.3 Å². The first-order valence-corrected chi connectivity index (χ1v) is 6.02. The van der Waals surface area contributed by atoms with Gasteiger partial charge in [-0.3, -0.25) is 9.59 Å². The smallest absolute Gasteiger partial charge is 0.285 e. The fraction of sp³-hybridized carbons (Fsp3) is 0.429. The summed E-state index contributed by atoms with van der Waals surface area (Å²) < 4.78 is 0. The molecule has 0 heterocycles. The fourth-order valence-corrected chi connectivity index (χ4v) is 1.88. The molecule has 92 valence electrons. The van der Waals surface area contributed by atoms with Gasteiger partial charge >= 0.3 is 0 Å². The second kappa shape index (κ2) is 6.84. The Hall–Kier alpha value is -1.64. The highest BCUT2D eigenvalue weighted by molar-refractivity contribution is 6.36. The van der Waals surface area contributed by atoms with Gasteiger partial charge in [0, 0.05) is 5.92 Å². The Labute approximate surface area is 102 Å². The van der Waals surface area contributed by atoms with Crippen molar-refractivity contribution >= 4 is 11.7 Å². The van der Waals surface area contributed by atoms with Gasteiger partial charge in [0.25, 0.3) is 5.91 Å². The van der Waals surface area contributed by atoms with Gasteiger partial charge in [-0.05, 0) is 18.4 Å². The van der Waals surface area contributed by atoms with Crippen molar-refractivity contribution in [3.8, 4) is 0 Å². The summed E-state index contributed by atoms with van der Waals surface area (Å²) in [4.78, 5) is 22.6. The zero-order chi connectivity index (χ0) is 12.7. The van der Waals surface area contributed by atoms with Gasteiger partial charge in [0.1, 0.15) is 0 Å². The van der Waals surface area contributed by atoms with Crippen LogP contribution in [0.4, 0.5) is 0 Å². The Balaban J connectivity index is 2.70. The van der Waals surface area contributed by atoms with E-state index in [0.717, 1.165) is 24.8 Å². The number of benzene rings is 1. The van der Waals surface area contributed by atoms with E-state index >= 15 is 0 Å². The van der Waals surface area contributed by atoms with Gasteiger partial charge < -0.3 is 5.73 Å². The molecule has 3 nitrogen and oxygen atoms in total. The van der Waals surface area contributed by atoms with Gasteiger partial charge in [0.15, 0.2) is 0 Å². The standard InChI is InChI=1S/C14H19NO2/c1-2-3-9-12(13(16)14(15)17)10-11-7-5-4-6-8-11/h4-8,12H,2-3,9-10H2,1H3,(H2,15,17). The van der Waals surface area contributed by atoms with Crippen molar-refractivity contribution in [2.75, 3.05) is 0 Å². The van der Waals surface area contributed by atoms with Crippen LogP contribution in [-0.2, 0) is 16.0 Å². The van der Waals surface area contributed by atoms with Crippen molar-refractivity contribution in [3.63, 3.8) is 0 Å². The summed E-state index contributed by atoms with van der Waals surface area (Å²) in [7, 11) is 0. The summed E-state index contributed by atoms with van der Waals surface area (Å²) in [5.41, 5.74) is 6.15. The monoisotopic (exact) mass is 233 g/mol. The molecule has 3 heteroatoms. The topological polar surface area (TPSA) is 60.2 Å². The van der Waals surface area contributed by atoms with Crippen LogP contribution in [0, 0.1) is 5.92 Å². The Morgan fingerprint density at radius 3 is 2.41 bits per heavy atom. The Kier molecular flexibility index (Phi) is 5.40. The van der Waals surface area contributed by atoms with E-state index in [1.165, 1.54) is 0 Å². The highest BCUT2D eigenvalue weighted by Gasteiger charge is 2.22. The number of rotatable bonds is 7. The molecule has 0 aliphatic rings. The van der Waals surface area contributed by atoms with Crippen LogP contribution in [-0.4, -0.2) is 11.7 Å². The van der Waals surface area contributed by atoms with Crippen LogP contribution in [0.1, 0.15) is 31.7 Å². The molecular formula is C14H19NO2. The van der Waals surface area contributed by atoms with E-state index < -0.39 is 11.7 Å². The zero-order valence-corrected chi connectivity index (χ0v) is 10.2. The minimum Gasteiger partial charge on any atom is -0.363 e. The van der Waals surface area contributed by atoms with E-state index in [1.807, 2.05) is 30.3 Å². The van der Waals surface area contributed by atoms with Gasteiger partial charge in [0.2, 0.25) is 5.78 Å². The molecule has 0 saturated heterocycles. The average Bonchev–Trinajstić information content (AvgIpc) is 2.34. The van der Waals surface area contributed by atoms with Gasteiger partial charge in [-0.15, -0.1) is 0 Å². The third-order valence-electron chi connectivity index (χ3n) is 2.84. The predicted molar refractivity (Wildman–Crippen MR) is 67.4 cm³/mol. The van der Waals surface area contributed by atoms with Crippen LogP contribution in [0.3, 0.4) is 0 Å². The minimum atomic E-state index is -0.818. The Morgan fingerprint density at radius 1 is 1.24 bits per heavy atom. The maximum absolute atomic E-state index is 11.7. The van der Waals surface area contributed by atoms with Crippen molar-refractivity contribution in [1.29, 1.82) is 0 Å². The zero-order valence-electron chi connectivity index (χ0n) is 10.2. The van der Waals surface area contributed by atoms with E-state index in [1.54, 1.807) is 0 Å². The normalized spacial score (nSPS) is 12.1. The molecule has 1 amide bonds. The van der Waals surface area contributed by atoms with E-state index in [4.69, 9.17) is 5.73 Å². The lowest BCUT2D eigenvalue weighted by Crippen LogP contribution is -2.31. The van der Waals surface area contributed by atoms with Crippen molar-refractivity contribution < 1.29 is 9.59 Å². The van der Waals surface area contributed by atoms with Crippen molar-refractivity contribution in [2.45, 2.75) is 32.6 Å². The first kappa shape index (κ1) is 13.4. The molecule has 0 aromatic heterocycles. The molecule has 0 aliphatic heterocycles. The molecule has 0 aliphatic carbocycles. The van der Waals surface area contributed by atoms with Crippen LogP contribution in [0.5, 0.6) is 0 Å². The summed E-state index contributed by atoms with van der Waals surface area (Å²) in [5.74, 6) is -1.53. The average molecular weight is 233 g/mol. The second-order valence-electron chi connectivity index (χ2n) is 4.26. The number of hydrogen-bond donors (Lipinski definition) is 1. The molecule has 1 rings (SSSR count). The molecule has 1 atom stereocenters. The molecule has 1 unspecified atom stereocenters. The van der Waals surface area contributed by atoms with Gasteiger partial charge in [-0.2, -0.15) is 0 Å². The second-order valence-corrected chi connectivity index (χ2v) is 4.26. The number of amides is 1. The number of unbranched alkanes of at least 4 members (excludes halogenated alkanes) is 1. The summed E-state index contributed by atoms with van der Waals surface area (Å²) in [6.45, 7) is 2.06. The van der Waals surface area contributed by atoms with Crippen LogP contribution in [0.25, 0.3) is 0 Å². The van der Waals surface area contributed by atoms with Crippen LogP contribution in [0.2, 0.25) is 0 Å². The van der Waals surface area contributed by atoms with Crippen LogP contribution >= 0.6 is 0 Å². The number of primary amides is 1. The summed E-state index contributed by atoms with van der Waals surface area (Å²) in [6, 6.07) is 9.73. The van der Waals surface area contributed by atoms with Crippen LogP contribution < -0.4 is 5.73 Å². The molecule has 1 aromatic rings. The maximum Gasteiger partial charge on any atom is 0.285 e. The summed E-state index contributed by atoms with van der Waals surface area (Å²) >= 11 is 0. The third kappa shape index (κ3) is 4.39. The van der Waals surface area contributed by atoms with Gasteiger partial charge in [-0.1, -0.05) is 50.1 Å². The number of Topliss-reactive ketones (excluding diaryl/α,β-unsaturated/α-hetero) is 1. The Bertz CT molecular complexity index is 373. The van der Waals surface area contributed by atoms with Crippen molar-refractivity contribution in [2.24, 2.45) is 11.7 Å². The highest BCUT2D eigenvalue weighted by Crippen LogP contribution is 2.16. The maximum atomic E-state index is 11.7. The lowest BCUT2D eigenvalue weighted by molar-refractivity contribution is -0.138. The Morgan fingerprint density at radius 2 is 1.88 bits per heavy atom. The SMILES string of the molecule is CCCCC(Cc1ccccc1)C(=O)C(N)=O. The lowest BCUT2D eigenvalue weighted by atomic mass is 9.90. The first-order valence-electron chi connectivity index (χ1n) is 6.02. The van der Waals surface area contributed by atoms with E-state index in [-0.39, 0.29) is 5.92 Å². The fourth-order valence-electron chi connectivity index (χ4n) is 1.88. The molecule has 2 N–H and O–H groups in total. The molecule has 17 heavy (non-hydrogen) atoms. The number of carbonyl (C=O) groups is 2. The van der Waals surface area contributed by atoms with E-state index in [0.29, 0.717) is 6.42 Å². The van der Waals surface area contributed by atoms with Crippen molar-refractivity contribution in [3.05, 3.63) is 35.9 Å². The van der Waals surface area contributed by atoms with E-state index in [2.05, 4.69) is 6.92 Å². The molecular weight excluding hydrogens is 214 g/mol. The highest BCUT2D eigenvalue weighted by atomic mass is 16.2. The number of nitrogens with two attached hydrogens (primary N) is 1. The predicted octanol–water partition coefficient (Wildman–Crippen LogP) is 2.09. The third-order valence-corrected chi connectivity index (χ3v) is 2.84.